The number of nitrogens with two attached hydrogens (primary N) is 1. The molecular formula is C21H22Cl2FN5O2. The molecule has 1 fully saturated rings. The van der Waals surface area contributed by atoms with Gasteiger partial charge in [-0.1, -0.05) is 23.2 Å². The Morgan fingerprint density at radius 2 is 2.03 bits per heavy atom. The molecule has 0 amide bonds. The highest BCUT2D eigenvalue weighted by Crippen LogP contribution is 2.42. The van der Waals surface area contributed by atoms with Crippen molar-refractivity contribution >= 4 is 29.0 Å². The van der Waals surface area contributed by atoms with E-state index >= 15 is 0 Å². The Morgan fingerprint density at radius 3 is 2.71 bits per heavy atom. The van der Waals surface area contributed by atoms with Gasteiger partial charge in [0, 0.05) is 48.7 Å². The van der Waals surface area contributed by atoms with Crippen LogP contribution in [-0.2, 0) is 7.05 Å². The summed E-state index contributed by atoms with van der Waals surface area (Å²) in [6, 6.07) is 2.96. The third-order valence-corrected chi connectivity index (χ3v) is 5.87. The second-order valence-corrected chi connectivity index (χ2v) is 8.16. The van der Waals surface area contributed by atoms with Gasteiger partial charge in [-0.15, -0.1) is 0 Å². The van der Waals surface area contributed by atoms with Gasteiger partial charge in [-0.05, 0) is 26.0 Å². The number of benzene rings is 1. The molecule has 31 heavy (non-hydrogen) atoms. The third kappa shape index (κ3) is 4.56. The van der Waals surface area contributed by atoms with E-state index in [9.17, 15) is 4.39 Å². The number of aromatic nitrogens is 3. The van der Waals surface area contributed by atoms with Crippen molar-refractivity contribution in [2.45, 2.75) is 25.6 Å². The zero-order valence-electron chi connectivity index (χ0n) is 17.0. The fourth-order valence-electron chi connectivity index (χ4n) is 3.48. The van der Waals surface area contributed by atoms with Crippen molar-refractivity contribution in [1.29, 1.82) is 0 Å². The lowest BCUT2D eigenvalue weighted by Crippen LogP contribution is -2.20. The van der Waals surface area contributed by atoms with Crippen molar-refractivity contribution in [2.75, 3.05) is 18.8 Å². The van der Waals surface area contributed by atoms with E-state index < -0.39 is 11.9 Å². The van der Waals surface area contributed by atoms with E-state index in [1.807, 2.05) is 13.2 Å². The molecule has 1 aliphatic heterocycles. The van der Waals surface area contributed by atoms with Gasteiger partial charge in [-0.2, -0.15) is 5.10 Å². The lowest BCUT2D eigenvalue weighted by molar-refractivity contribution is 0.214. The van der Waals surface area contributed by atoms with Crippen molar-refractivity contribution in [2.24, 2.45) is 7.05 Å². The Kier molecular flexibility index (Phi) is 6.22. The minimum absolute atomic E-state index is 0.0850. The fraction of sp³-hybridized carbons (Fsp3) is 0.333. The first-order valence-corrected chi connectivity index (χ1v) is 10.5. The maximum Gasteiger partial charge on any atom is 0.166 e. The lowest BCUT2D eigenvalue weighted by Gasteiger charge is -2.22. The largest absolute Gasteiger partial charge is 0.487 e. The standard InChI is InChI=1S/C21H22Cl2FN5O2/c1-11(30-17-5-12(7-27-21(17)25)13-8-28-29(2)10-13)18-19(22)15(24)6-16(20(18)23)31-14-3-4-26-9-14/h5-8,10-11,14,26H,3-4,9H2,1-2H3,(H2,25,27). The Hall–Kier alpha value is -2.55. The van der Waals surface area contributed by atoms with Crippen molar-refractivity contribution < 1.29 is 13.9 Å². The van der Waals surface area contributed by atoms with Gasteiger partial charge in [-0.25, -0.2) is 9.37 Å². The van der Waals surface area contributed by atoms with Crippen LogP contribution in [0.15, 0.2) is 30.7 Å². The molecule has 1 aromatic carbocycles. The Labute approximate surface area is 189 Å². The van der Waals surface area contributed by atoms with Crippen molar-refractivity contribution in [3.63, 3.8) is 0 Å². The van der Waals surface area contributed by atoms with E-state index in [4.69, 9.17) is 38.4 Å². The first-order valence-electron chi connectivity index (χ1n) is 9.79. The number of ether oxygens (including phenoxy) is 2. The molecule has 0 radical (unpaired) electrons. The van der Waals surface area contributed by atoms with Crippen molar-refractivity contribution in [3.05, 3.63) is 52.1 Å². The highest BCUT2D eigenvalue weighted by atomic mass is 35.5. The summed E-state index contributed by atoms with van der Waals surface area (Å²) in [5.41, 5.74) is 7.94. The molecule has 0 bridgehead atoms. The number of rotatable bonds is 6. The highest BCUT2D eigenvalue weighted by Gasteiger charge is 2.26. The Balaban J connectivity index is 1.64. The van der Waals surface area contributed by atoms with Crippen LogP contribution in [0, 0.1) is 5.82 Å². The quantitative estimate of drug-likeness (QED) is 0.524. The molecule has 3 heterocycles. The Morgan fingerprint density at radius 1 is 1.23 bits per heavy atom. The summed E-state index contributed by atoms with van der Waals surface area (Å²) in [5, 5.41) is 7.44. The van der Waals surface area contributed by atoms with E-state index in [0.717, 1.165) is 24.1 Å². The van der Waals surface area contributed by atoms with Crippen LogP contribution >= 0.6 is 23.2 Å². The molecule has 2 atom stereocenters. The van der Waals surface area contributed by atoms with Crippen LogP contribution in [0.5, 0.6) is 11.5 Å². The average Bonchev–Trinajstić information content (AvgIpc) is 3.40. The molecule has 10 heteroatoms. The summed E-state index contributed by atoms with van der Waals surface area (Å²) in [6.07, 6.45) is 5.20. The third-order valence-electron chi connectivity index (χ3n) is 5.10. The maximum atomic E-state index is 14.6. The predicted molar refractivity (Wildman–Crippen MR) is 118 cm³/mol. The molecule has 1 saturated heterocycles. The predicted octanol–water partition coefficient (Wildman–Crippen LogP) is 4.39. The minimum Gasteiger partial charge on any atom is -0.487 e. The van der Waals surface area contributed by atoms with Gasteiger partial charge in [0.1, 0.15) is 23.8 Å². The van der Waals surface area contributed by atoms with Gasteiger partial charge < -0.3 is 20.5 Å². The maximum absolute atomic E-state index is 14.6. The molecule has 7 nitrogen and oxygen atoms in total. The first-order chi connectivity index (χ1) is 14.8. The van der Waals surface area contributed by atoms with Crippen LogP contribution in [0.4, 0.5) is 10.2 Å². The van der Waals surface area contributed by atoms with Gasteiger partial charge >= 0.3 is 0 Å². The summed E-state index contributed by atoms with van der Waals surface area (Å²) in [5.74, 6) is 0.120. The van der Waals surface area contributed by atoms with E-state index in [2.05, 4.69) is 15.4 Å². The zero-order chi connectivity index (χ0) is 22.1. The second kappa shape index (κ2) is 8.90. The molecule has 0 saturated carbocycles. The number of nitrogen functional groups attached to an aromatic ring is 1. The van der Waals surface area contributed by atoms with E-state index in [1.54, 1.807) is 30.1 Å². The number of nitrogens with zero attached hydrogens (tertiary/aromatic N) is 3. The molecule has 3 N–H and O–H groups in total. The highest BCUT2D eigenvalue weighted by molar-refractivity contribution is 6.37. The molecule has 4 rings (SSSR count). The van der Waals surface area contributed by atoms with Gasteiger partial charge in [0.05, 0.1) is 16.2 Å². The molecule has 0 spiro atoms. The van der Waals surface area contributed by atoms with Crippen molar-refractivity contribution in [3.8, 4) is 22.6 Å². The van der Waals surface area contributed by atoms with Gasteiger partial charge in [0.25, 0.3) is 0 Å². The number of hydrogen-bond donors (Lipinski definition) is 2. The topological polar surface area (TPSA) is 87.2 Å². The average molecular weight is 466 g/mol. The van der Waals surface area contributed by atoms with E-state index in [1.165, 1.54) is 6.07 Å². The van der Waals surface area contributed by atoms with Crippen LogP contribution in [0.25, 0.3) is 11.1 Å². The summed E-state index contributed by atoms with van der Waals surface area (Å²) >= 11 is 12.8. The minimum atomic E-state index is -0.715. The normalized spacial score (nSPS) is 17.0. The van der Waals surface area contributed by atoms with Gasteiger partial charge in [-0.3, -0.25) is 4.68 Å². The molecule has 164 valence electrons. The first kappa shape index (κ1) is 21.7. The molecule has 1 aliphatic rings. The summed E-state index contributed by atoms with van der Waals surface area (Å²) in [4.78, 5) is 4.20. The zero-order valence-corrected chi connectivity index (χ0v) is 18.5. The van der Waals surface area contributed by atoms with Crippen molar-refractivity contribution in [1.82, 2.24) is 20.1 Å². The Bertz CT molecular complexity index is 1100. The van der Waals surface area contributed by atoms with Crippen LogP contribution in [0.3, 0.4) is 0 Å². The molecule has 3 aromatic rings. The second-order valence-electron chi connectivity index (χ2n) is 7.40. The number of pyridine rings is 1. The van der Waals surface area contributed by atoms with Crippen LogP contribution in [0.2, 0.25) is 10.0 Å². The molecule has 2 aromatic heterocycles. The number of hydrogen-bond acceptors (Lipinski definition) is 6. The number of aryl methyl sites for hydroxylation is 1. The number of anilines is 1. The molecule has 0 aliphatic carbocycles. The summed E-state index contributed by atoms with van der Waals surface area (Å²) < 4.78 is 28.2. The lowest BCUT2D eigenvalue weighted by atomic mass is 10.1. The molecule has 2 unspecified atom stereocenters. The number of halogens is 3. The summed E-state index contributed by atoms with van der Waals surface area (Å²) in [7, 11) is 1.82. The van der Waals surface area contributed by atoms with E-state index in [0.29, 0.717) is 12.3 Å². The van der Waals surface area contributed by atoms with Crippen LogP contribution < -0.4 is 20.5 Å². The van der Waals surface area contributed by atoms with Gasteiger partial charge in [0.15, 0.2) is 11.6 Å². The SMILES string of the molecule is CC(Oc1cc(-c2cnn(C)c2)cnc1N)c1c(Cl)c(F)cc(OC2CCNC2)c1Cl. The molecular weight excluding hydrogens is 444 g/mol. The van der Waals surface area contributed by atoms with Gasteiger partial charge in [0.2, 0.25) is 0 Å². The fourth-order valence-corrected chi connectivity index (χ4v) is 4.18. The number of nitrogens with one attached hydrogen (secondary N) is 1. The monoisotopic (exact) mass is 465 g/mol. The van der Waals surface area contributed by atoms with Crippen LogP contribution in [-0.4, -0.2) is 34.0 Å². The van der Waals surface area contributed by atoms with E-state index in [-0.39, 0.29) is 33.3 Å². The smallest absolute Gasteiger partial charge is 0.166 e. The van der Waals surface area contributed by atoms with Crippen LogP contribution in [0.1, 0.15) is 25.0 Å². The summed E-state index contributed by atoms with van der Waals surface area (Å²) in [6.45, 7) is 3.22.